The van der Waals surface area contributed by atoms with Crippen molar-refractivity contribution < 1.29 is 0 Å². The lowest BCUT2D eigenvalue weighted by molar-refractivity contribution is 0.414. The van der Waals surface area contributed by atoms with Gasteiger partial charge in [-0.05, 0) is 13.0 Å². The summed E-state index contributed by atoms with van der Waals surface area (Å²) >= 11 is 0. The van der Waals surface area contributed by atoms with Gasteiger partial charge in [-0.15, -0.1) is 0 Å². The molecule has 0 saturated heterocycles. The van der Waals surface area contributed by atoms with E-state index in [0.717, 1.165) is 12.2 Å². The first-order valence-electron chi connectivity index (χ1n) is 4.78. The van der Waals surface area contributed by atoms with Gasteiger partial charge in [-0.25, -0.2) is 4.98 Å². The van der Waals surface area contributed by atoms with Crippen molar-refractivity contribution in [1.29, 1.82) is 0 Å². The van der Waals surface area contributed by atoms with Crippen LogP contribution in [0.15, 0.2) is 12.4 Å². The number of aryl methyl sites for hydroxylation is 1. The zero-order valence-corrected chi connectivity index (χ0v) is 8.91. The molecule has 1 aromatic rings. The molecule has 1 unspecified atom stereocenters. The summed E-state index contributed by atoms with van der Waals surface area (Å²) in [6.45, 7) is 4.45. The van der Waals surface area contributed by atoms with Crippen molar-refractivity contribution in [3.63, 3.8) is 0 Å². The summed E-state index contributed by atoms with van der Waals surface area (Å²) < 4.78 is 2.08. The average Bonchev–Trinajstić information content (AvgIpc) is 2.46. The van der Waals surface area contributed by atoms with Crippen molar-refractivity contribution in [2.24, 2.45) is 13.0 Å². The molecule has 0 saturated carbocycles. The van der Waals surface area contributed by atoms with E-state index >= 15 is 0 Å². The third-order valence-corrected chi connectivity index (χ3v) is 2.50. The number of aromatic nitrogens is 2. The second-order valence-electron chi connectivity index (χ2n) is 3.80. The second-order valence-corrected chi connectivity index (χ2v) is 3.80. The number of imidazole rings is 1. The minimum absolute atomic E-state index is 0.515. The van der Waals surface area contributed by atoms with Crippen molar-refractivity contribution in [2.75, 3.05) is 7.05 Å². The predicted octanol–water partition coefficient (Wildman–Crippen LogP) is 1.21. The second kappa shape index (κ2) is 4.42. The molecular weight excluding hydrogens is 162 g/mol. The van der Waals surface area contributed by atoms with Crippen LogP contribution in [-0.2, 0) is 13.5 Å². The minimum Gasteiger partial charge on any atom is -0.338 e. The molecule has 0 aromatic carbocycles. The van der Waals surface area contributed by atoms with E-state index in [0.29, 0.717) is 12.0 Å². The quantitative estimate of drug-likeness (QED) is 0.756. The van der Waals surface area contributed by atoms with Gasteiger partial charge in [0.1, 0.15) is 5.82 Å². The summed E-state index contributed by atoms with van der Waals surface area (Å²) in [6, 6.07) is 0.515. The summed E-state index contributed by atoms with van der Waals surface area (Å²) in [6.07, 6.45) is 4.84. The maximum absolute atomic E-state index is 4.31. The van der Waals surface area contributed by atoms with Gasteiger partial charge in [0.05, 0.1) is 0 Å². The smallest absolute Gasteiger partial charge is 0.109 e. The fourth-order valence-electron chi connectivity index (χ4n) is 1.46. The van der Waals surface area contributed by atoms with Crippen LogP contribution in [0.4, 0.5) is 0 Å². The van der Waals surface area contributed by atoms with Crippen molar-refractivity contribution in [2.45, 2.75) is 26.3 Å². The predicted molar refractivity (Wildman–Crippen MR) is 54.6 cm³/mol. The molecule has 0 aliphatic rings. The van der Waals surface area contributed by atoms with Crippen molar-refractivity contribution in [1.82, 2.24) is 14.9 Å². The zero-order chi connectivity index (χ0) is 9.84. The van der Waals surface area contributed by atoms with Gasteiger partial charge >= 0.3 is 0 Å². The maximum Gasteiger partial charge on any atom is 0.109 e. The third-order valence-electron chi connectivity index (χ3n) is 2.50. The fourth-order valence-corrected chi connectivity index (χ4v) is 1.46. The van der Waals surface area contributed by atoms with Crippen LogP contribution in [0.1, 0.15) is 19.7 Å². The van der Waals surface area contributed by atoms with Gasteiger partial charge in [-0.1, -0.05) is 13.8 Å². The normalized spacial score (nSPS) is 13.6. The lowest BCUT2D eigenvalue weighted by Gasteiger charge is -2.19. The molecule has 1 N–H and O–H groups in total. The first kappa shape index (κ1) is 10.3. The molecule has 1 heterocycles. The fraction of sp³-hybridized carbons (Fsp3) is 0.700. The highest BCUT2D eigenvalue weighted by Gasteiger charge is 2.13. The highest BCUT2D eigenvalue weighted by Crippen LogP contribution is 2.07. The van der Waals surface area contributed by atoms with Gasteiger partial charge in [0, 0.05) is 31.9 Å². The van der Waals surface area contributed by atoms with E-state index in [1.165, 1.54) is 0 Å². The molecule has 1 atom stereocenters. The van der Waals surface area contributed by atoms with Crippen LogP contribution in [-0.4, -0.2) is 22.6 Å². The Labute approximate surface area is 80.2 Å². The summed E-state index contributed by atoms with van der Waals surface area (Å²) in [7, 11) is 4.04. The molecule has 1 aromatic heterocycles. The Kier molecular flexibility index (Phi) is 3.48. The molecule has 0 aliphatic heterocycles. The number of hydrogen-bond acceptors (Lipinski definition) is 2. The Balaban J connectivity index is 2.62. The molecular formula is C10H19N3. The van der Waals surface area contributed by atoms with Gasteiger partial charge in [0.15, 0.2) is 0 Å². The Bertz CT molecular complexity index is 252. The Morgan fingerprint density at radius 3 is 2.62 bits per heavy atom. The molecule has 0 amide bonds. The molecule has 74 valence electrons. The highest BCUT2D eigenvalue weighted by molar-refractivity contribution is 4.94. The van der Waals surface area contributed by atoms with Gasteiger partial charge in [0.25, 0.3) is 0 Å². The number of nitrogens with one attached hydrogen (secondary N) is 1. The molecule has 0 radical (unpaired) electrons. The van der Waals surface area contributed by atoms with Gasteiger partial charge in [-0.3, -0.25) is 0 Å². The van der Waals surface area contributed by atoms with E-state index in [1.54, 1.807) is 0 Å². The number of likely N-dealkylation sites (N-methyl/N-ethyl adjacent to an activating group) is 1. The van der Waals surface area contributed by atoms with E-state index < -0.39 is 0 Å². The van der Waals surface area contributed by atoms with Crippen LogP contribution in [0.3, 0.4) is 0 Å². The van der Waals surface area contributed by atoms with Crippen LogP contribution in [0.25, 0.3) is 0 Å². The van der Waals surface area contributed by atoms with Crippen LogP contribution in [0, 0.1) is 5.92 Å². The number of nitrogens with zero attached hydrogens (tertiary/aromatic N) is 2. The van der Waals surface area contributed by atoms with Crippen LogP contribution in [0.2, 0.25) is 0 Å². The molecule has 3 heteroatoms. The molecule has 0 bridgehead atoms. The summed E-state index contributed by atoms with van der Waals surface area (Å²) in [5, 5.41) is 3.31. The molecule has 13 heavy (non-hydrogen) atoms. The lowest BCUT2D eigenvalue weighted by Crippen LogP contribution is -2.33. The number of rotatable bonds is 4. The Hall–Kier alpha value is -0.830. The largest absolute Gasteiger partial charge is 0.338 e. The van der Waals surface area contributed by atoms with Crippen molar-refractivity contribution in [3.8, 4) is 0 Å². The maximum atomic E-state index is 4.31. The van der Waals surface area contributed by atoms with Crippen LogP contribution < -0.4 is 5.32 Å². The standard InChI is InChI=1S/C10H19N3/c1-8(2)9(11-3)7-10-12-5-6-13(10)4/h5-6,8-9,11H,7H2,1-4H3. The highest BCUT2D eigenvalue weighted by atomic mass is 15.0. The van der Waals surface area contributed by atoms with E-state index in [4.69, 9.17) is 0 Å². The Morgan fingerprint density at radius 1 is 1.54 bits per heavy atom. The van der Waals surface area contributed by atoms with Crippen molar-refractivity contribution >= 4 is 0 Å². The summed E-state index contributed by atoms with van der Waals surface area (Å²) in [5.74, 6) is 1.79. The molecule has 3 nitrogen and oxygen atoms in total. The first-order chi connectivity index (χ1) is 6.15. The van der Waals surface area contributed by atoms with Crippen LogP contribution in [0.5, 0.6) is 0 Å². The van der Waals surface area contributed by atoms with E-state index in [2.05, 4.69) is 28.7 Å². The third kappa shape index (κ3) is 2.56. The van der Waals surface area contributed by atoms with E-state index in [-0.39, 0.29) is 0 Å². The van der Waals surface area contributed by atoms with Crippen molar-refractivity contribution in [3.05, 3.63) is 18.2 Å². The SMILES string of the molecule is CNC(Cc1nccn1C)C(C)C. The molecule has 1 rings (SSSR count). The molecule has 0 aliphatic carbocycles. The van der Waals surface area contributed by atoms with Gasteiger partial charge in [-0.2, -0.15) is 0 Å². The van der Waals surface area contributed by atoms with Crippen LogP contribution >= 0.6 is 0 Å². The summed E-state index contributed by atoms with van der Waals surface area (Å²) in [5.41, 5.74) is 0. The van der Waals surface area contributed by atoms with Gasteiger partial charge < -0.3 is 9.88 Å². The van der Waals surface area contributed by atoms with Gasteiger partial charge in [0.2, 0.25) is 0 Å². The number of hydrogen-bond donors (Lipinski definition) is 1. The molecule has 0 fully saturated rings. The van der Waals surface area contributed by atoms with E-state index in [9.17, 15) is 0 Å². The Morgan fingerprint density at radius 2 is 2.23 bits per heavy atom. The average molecular weight is 181 g/mol. The van der Waals surface area contributed by atoms with E-state index in [1.807, 2.05) is 26.5 Å². The molecule has 0 spiro atoms. The topological polar surface area (TPSA) is 29.9 Å². The lowest BCUT2D eigenvalue weighted by atomic mass is 10.0. The monoisotopic (exact) mass is 181 g/mol. The first-order valence-corrected chi connectivity index (χ1v) is 4.78. The zero-order valence-electron chi connectivity index (χ0n) is 8.91. The minimum atomic E-state index is 0.515. The summed E-state index contributed by atoms with van der Waals surface area (Å²) in [4.78, 5) is 4.31.